The molecule has 0 radical (unpaired) electrons. The zero-order valence-electron chi connectivity index (χ0n) is 14.8. The van der Waals surface area contributed by atoms with Gasteiger partial charge in [0.25, 0.3) is 0 Å². The third-order valence-electron chi connectivity index (χ3n) is 4.78. The Balaban J connectivity index is 1.39. The summed E-state index contributed by atoms with van der Waals surface area (Å²) in [5.74, 6) is 0.881. The first-order valence-corrected chi connectivity index (χ1v) is 8.92. The fraction of sp³-hybridized carbons (Fsp3) is 0.368. The summed E-state index contributed by atoms with van der Waals surface area (Å²) in [4.78, 5) is 23.2. The van der Waals surface area contributed by atoms with Crippen LogP contribution in [-0.4, -0.2) is 43.6 Å². The number of aromatic amines is 1. The van der Waals surface area contributed by atoms with E-state index in [1.807, 2.05) is 30.2 Å². The largest absolute Gasteiger partial charge is 0.335 e. The topological polar surface area (TPSA) is 86.8 Å². The molecule has 1 aliphatic rings. The van der Waals surface area contributed by atoms with E-state index in [-0.39, 0.29) is 11.9 Å². The van der Waals surface area contributed by atoms with E-state index < -0.39 is 0 Å². The normalized spacial score (nSPS) is 17.8. The van der Waals surface area contributed by atoms with Gasteiger partial charge in [0, 0.05) is 24.7 Å². The molecule has 0 bridgehead atoms. The zero-order chi connectivity index (χ0) is 17.9. The summed E-state index contributed by atoms with van der Waals surface area (Å²) < 4.78 is 0. The number of carbonyl (C=O) groups excluding carboxylic acids is 1. The number of hydrogen-bond acceptors (Lipinski definition) is 5. The van der Waals surface area contributed by atoms with Crippen molar-refractivity contribution < 1.29 is 4.79 Å². The average molecular weight is 350 g/mol. The number of nitrogens with one attached hydrogen (secondary N) is 2. The van der Waals surface area contributed by atoms with Crippen molar-refractivity contribution in [2.75, 3.05) is 6.54 Å². The highest BCUT2D eigenvalue weighted by Crippen LogP contribution is 2.16. The number of aryl methyl sites for hydroxylation is 1. The molecule has 134 valence electrons. The molecular weight excluding hydrogens is 328 g/mol. The van der Waals surface area contributed by atoms with Crippen LogP contribution in [0.5, 0.6) is 0 Å². The summed E-state index contributed by atoms with van der Waals surface area (Å²) in [6, 6.07) is 7.91. The Morgan fingerprint density at radius 2 is 2.27 bits per heavy atom. The highest BCUT2D eigenvalue weighted by atomic mass is 16.2. The van der Waals surface area contributed by atoms with Gasteiger partial charge in [-0.25, -0.2) is 9.97 Å². The van der Waals surface area contributed by atoms with Crippen molar-refractivity contribution in [1.29, 1.82) is 0 Å². The van der Waals surface area contributed by atoms with Crippen molar-refractivity contribution in [3.8, 4) is 0 Å². The van der Waals surface area contributed by atoms with Gasteiger partial charge >= 0.3 is 0 Å². The second-order valence-electron chi connectivity index (χ2n) is 6.72. The maximum absolute atomic E-state index is 12.8. The molecule has 2 N–H and O–H groups in total. The number of rotatable bonds is 5. The summed E-state index contributed by atoms with van der Waals surface area (Å²) in [5.41, 5.74) is 3.04. The molecule has 0 aliphatic carbocycles. The van der Waals surface area contributed by atoms with Crippen LogP contribution in [0.2, 0.25) is 0 Å². The fourth-order valence-corrected chi connectivity index (χ4v) is 3.41. The van der Waals surface area contributed by atoms with Crippen molar-refractivity contribution in [2.24, 2.45) is 0 Å². The number of hydrogen-bond donors (Lipinski definition) is 2. The van der Waals surface area contributed by atoms with Crippen molar-refractivity contribution in [3.63, 3.8) is 0 Å². The molecule has 3 aromatic rings. The molecule has 1 aliphatic heterocycles. The maximum Gasteiger partial charge on any atom is 0.240 e. The maximum atomic E-state index is 12.8. The molecule has 1 saturated heterocycles. The van der Waals surface area contributed by atoms with Gasteiger partial charge in [-0.05, 0) is 37.5 Å². The average Bonchev–Trinajstić information content (AvgIpc) is 3.10. The molecule has 2 aromatic heterocycles. The quantitative estimate of drug-likeness (QED) is 0.734. The predicted octanol–water partition coefficient (Wildman–Crippen LogP) is 1.94. The van der Waals surface area contributed by atoms with Crippen LogP contribution in [0.1, 0.15) is 29.9 Å². The number of piperidine rings is 1. The first kappa shape index (κ1) is 16.7. The second kappa shape index (κ2) is 7.21. The lowest BCUT2D eigenvalue weighted by atomic mass is 10.0. The lowest BCUT2D eigenvalue weighted by Crippen LogP contribution is -2.50. The first-order valence-electron chi connectivity index (χ1n) is 8.92. The number of aromatic nitrogens is 4. The van der Waals surface area contributed by atoms with E-state index in [0.717, 1.165) is 47.4 Å². The van der Waals surface area contributed by atoms with Crippen LogP contribution in [0.25, 0.3) is 10.9 Å². The van der Waals surface area contributed by atoms with E-state index in [4.69, 9.17) is 0 Å². The monoisotopic (exact) mass is 350 g/mol. The lowest BCUT2D eigenvalue weighted by Gasteiger charge is -2.32. The van der Waals surface area contributed by atoms with Gasteiger partial charge in [-0.2, -0.15) is 5.10 Å². The van der Waals surface area contributed by atoms with Gasteiger partial charge in [-0.15, -0.1) is 0 Å². The van der Waals surface area contributed by atoms with E-state index in [2.05, 4.69) is 37.6 Å². The smallest absolute Gasteiger partial charge is 0.240 e. The Hall–Kier alpha value is -2.80. The van der Waals surface area contributed by atoms with E-state index in [0.29, 0.717) is 13.1 Å². The lowest BCUT2D eigenvalue weighted by molar-refractivity contribution is -0.136. The molecular formula is C19H22N6O. The van der Waals surface area contributed by atoms with Crippen LogP contribution in [-0.2, 0) is 17.9 Å². The highest BCUT2D eigenvalue weighted by molar-refractivity contribution is 5.82. The third kappa shape index (κ3) is 3.57. The number of carbonyl (C=O) groups is 1. The summed E-state index contributed by atoms with van der Waals surface area (Å²) in [6.45, 7) is 3.84. The molecule has 0 saturated carbocycles. The third-order valence-corrected chi connectivity index (χ3v) is 4.78. The molecule has 1 atom stereocenters. The number of fused-ring (bicyclic) bond motifs is 1. The molecule has 1 amide bonds. The minimum absolute atomic E-state index is 0.148. The molecule has 1 aromatic carbocycles. The van der Waals surface area contributed by atoms with Gasteiger partial charge in [0.05, 0.1) is 30.0 Å². The Kier molecular flexibility index (Phi) is 4.62. The molecule has 7 nitrogen and oxygen atoms in total. The summed E-state index contributed by atoms with van der Waals surface area (Å²) in [7, 11) is 0. The van der Waals surface area contributed by atoms with Crippen LogP contribution in [0.3, 0.4) is 0 Å². The molecule has 1 unspecified atom stereocenters. The molecule has 3 heterocycles. The van der Waals surface area contributed by atoms with Crippen molar-refractivity contribution in [1.82, 2.24) is 30.4 Å². The first-order chi connectivity index (χ1) is 12.7. The Morgan fingerprint density at radius 3 is 3.15 bits per heavy atom. The molecule has 0 spiro atoms. The number of amides is 1. The van der Waals surface area contributed by atoms with Crippen LogP contribution in [0.4, 0.5) is 0 Å². The molecule has 7 heteroatoms. The van der Waals surface area contributed by atoms with E-state index in [1.54, 1.807) is 6.20 Å². The highest BCUT2D eigenvalue weighted by Gasteiger charge is 2.28. The minimum atomic E-state index is -0.149. The second-order valence-corrected chi connectivity index (χ2v) is 6.72. The van der Waals surface area contributed by atoms with Gasteiger partial charge < -0.3 is 10.2 Å². The van der Waals surface area contributed by atoms with Crippen molar-refractivity contribution in [3.05, 3.63) is 53.7 Å². The molecule has 4 rings (SSSR count). The van der Waals surface area contributed by atoms with Gasteiger partial charge in [0.15, 0.2) is 0 Å². The standard InChI is InChI=1S/C19H22N6O/c1-13-20-7-6-16(23-13)12-25-8-2-3-17(19(25)26)21-10-14-4-5-15-11-22-24-18(15)9-14/h4-7,9,11,17,21H,2-3,8,10,12H2,1H3,(H,22,24). The molecule has 1 fully saturated rings. The van der Waals surface area contributed by atoms with Gasteiger partial charge in [-0.3, -0.25) is 9.89 Å². The van der Waals surface area contributed by atoms with Gasteiger partial charge in [0.1, 0.15) is 5.82 Å². The Morgan fingerprint density at radius 1 is 1.35 bits per heavy atom. The summed E-state index contributed by atoms with van der Waals surface area (Å²) in [5, 5.41) is 11.5. The van der Waals surface area contributed by atoms with Crippen LogP contribution >= 0.6 is 0 Å². The number of nitrogens with zero attached hydrogens (tertiary/aromatic N) is 4. The van der Waals surface area contributed by atoms with E-state index >= 15 is 0 Å². The van der Waals surface area contributed by atoms with E-state index in [9.17, 15) is 4.79 Å². The summed E-state index contributed by atoms with van der Waals surface area (Å²) in [6.07, 6.45) is 5.41. The van der Waals surface area contributed by atoms with Crippen molar-refractivity contribution in [2.45, 2.75) is 38.9 Å². The Labute approximate surface area is 151 Å². The van der Waals surface area contributed by atoms with Crippen LogP contribution in [0.15, 0.2) is 36.7 Å². The number of likely N-dealkylation sites (tertiary alicyclic amines) is 1. The SMILES string of the molecule is Cc1nccc(CN2CCCC(NCc3ccc4cn[nH]c4c3)C2=O)n1. The fourth-order valence-electron chi connectivity index (χ4n) is 3.41. The summed E-state index contributed by atoms with van der Waals surface area (Å²) >= 11 is 0. The predicted molar refractivity (Wildman–Crippen MR) is 98.1 cm³/mol. The van der Waals surface area contributed by atoms with Crippen LogP contribution in [0, 0.1) is 6.92 Å². The molecule has 26 heavy (non-hydrogen) atoms. The number of benzene rings is 1. The van der Waals surface area contributed by atoms with E-state index in [1.165, 1.54) is 0 Å². The minimum Gasteiger partial charge on any atom is -0.335 e. The zero-order valence-corrected chi connectivity index (χ0v) is 14.8. The van der Waals surface area contributed by atoms with Gasteiger partial charge in [0.2, 0.25) is 5.91 Å². The number of H-pyrrole nitrogens is 1. The van der Waals surface area contributed by atoms with Crippen LogP contribution < -0.4 is 5.32 Å². The Bertz CT molecular complexity index is 921. The van der Waals surface area contributed by atoms with Gasteiger partial charge in [-0.1, -0.05) is 12.1 Å². The van der Waals surface area contributed by atoms with Crippen molar-refractivity contribution >= 4 is 16.8 Å².